The van der Waals surface area contributed by atoms with E-state index in [1.54, 1.807) is 0 Å². The molecule has 2 aromatic rings. The summed E-state index contributed by atoms with van der Waals surface area (Å²) in [5.41, 5.74) is 7.97. The minimum Gasteiger partial charge on any atom is -0.463 e. The van der Waals surface area contributed by atoms with E-state index in [4.69, 9.17) is 36.8 Å². The summed E-state index contributed by atoms with van der Waals surface area (Å²) in [6.45, 7) is 7.90. The van der Waals surface area contributed by atoms with Gasteiger partial charge in [-0.25, -0.2) is 0 Å². The van der Waals surface area contributed by atoms with Gasteiger partial charge in [0, 0.05) is 74.8 Å². The molecule has 3 atom stereocenters. The fourth-order valence-electron chi connectivity index (χ4n) is 7.09. The van der Waals surface area contributed by atoms with E-state index >= 15 is 0 Å². The van der Waals surface area contributed by atoms with E-state index in [1.165, 1.54) is 11.3 Å². The number of morpholine rings is 1. The molecule has 5 aliphatic rings. The fraction of sp³-hybridized carbons (Fsp3) is 0.655. The quantitative estimate of drug-likeness (QED) is 0.456. The van der Waals surface area contributed by atoms with Gasteiger partial charge in [-0.1, -0.05) is 11.6 Å². The Balaban J connectivity index is 1.17. The minimum atomic E-state index is 0.0216. The third-order valence-corrected chi connectivity index (χ3v) is 10.8. The lowest BCUT2D eigenvalue weighted by Gasteiger charge is -2.35. The lowest BCUT2D eigenvalue weighted by molar-refractivity contribution is 0.0231. The second-order valence-corrected chi connectivity index (χ2v) is 14.1. The number of hydrogen-bond donors (Lipinski definition) is 2. The molecule has 0 amide bonds. The van der Waals surface area contributed by atoms with Crippen LogP contribution in [0.2, 0.25) is 4.34 Å². The molecule has 7 rings (SSSR count). The average Bonchev–Trinajstić information content (AvgIpc) is 3.29. The van der Waals surface area contributed by atoms with Gasteiger partial charge in [-0.15, -0.1) is 11.3 Å². The molecule has 1 aliphatic carbocycles. The van der Waals surface area contributed by atoms with Gasteiger partial charge < -0.3 is 30.3 Å². The van der Waals surface area contributed by atoms with Gasteiger partial charge in [0.05, 0.1) is 29.7 Å². The Morgan fingerprint density at radius 2 is 1.69 bits per heavy atom. The van der Waals surface area contributed by atoms with Crippen LogP contribution in [-0.2, 0) is 4.74 Å². The number of nitriles is 2. The van der Waals surface area contributed by atoms with Gasteiger partial charge in [0.25, 0.3) is 0 Å². The Morgan fingerprint density at radius 3 is 2.36 bits per heavy atom. The highest BCUT2D eigenvalue weighted by Gasteiger charge is 2.45. The van der Waals surface area contributed by atoms with Crippen molar-refractivity contribution in [1.82, 2.24) is 20.2 Å². The van der Waals surface area contributed by atoms with Crippen molar-refractivity contribution in [2.24, 2.45) is 5.41 Å². The van der Waals surface area contributed by atoms with Crippen molar-refractivity contribution in [2.75, 3.05) is 81.2 Å². The SMILES string of the molecule is N#Cc1c(N2CCC(c3c(Cl)sc(N)c3C#N)C2)nc(OCC2(CN3CCOCC3)CC2)nc1N1C[C@H]2CC[C@@H](C1)N2. The number of rotatable bonds is 8. The number of piperazine rings is 1. The Bertz CT molecular complexity index is 1420. The second kappa shape index (κ2) is 11.3. The molecular weight excluding hydrogens is 574 g/mol. The summed E-state index contributed by atoms with van der Waals surface area (Å²) >= 11 is 7.80. The molecule has 3 N–H and O–H groups in total. The molecule has 0 aromatic carbocycles. The Morgan fingerprint density at radius 1 is 1.00 bits per heavy atom. The van der Waals surface area contributed by atoms with Gasteiger partial charge in [-0.2, -0.15) is 20.5 Å². The van der Waals surface area contributed by atoms with E-state index in [2.05, 4.69) is 32.2 Å². The molecule has 0 spiro atoms. The Labute approximate surface area is 255 Å². The van der Waals surface area contributed by atoms with Crippen LogP contribution in [0.25, 0.3) is 0 Å². The van der Waals surface area contributed by atoms with E-state index in [0.29, 0.717) is 69.9 Å². The van der Waals surface area contributed by atoms with Crippen molar-refractivity contribution < 1.29 is 9.47 Å². The zero-order valence-electron chi connectivity index (χ0n) is 23.6. The van der Waals surface area contributed by atoms with Crippen molar-refractivity contribution in [1.29, 1.82) is 10.5 Å². The van der Waals surface area contributed by atoms with E-state index in [1.807, 2.05) is 0 Å². The highest BCUT2D eigenvalue weighted by atomic mass is 35.5. The summed E-state index contributed by atoms with van der Waals surface area (Å²) in [5, 5.41) is 24.3. The van der Waals surface area contributed by atoms with Crippen LogP contribution in [-0.4, -0.2) is 92.6 Å². The number of thiophene rings is 1. The van der Waals surface area contributed by atoms with Gasteiger partial charge in [0.15, 0.2) is 11.6 Å². The molecule has 42 heavy (non-hydrogen) atoms. The van der Waals surface area contributed by atoms with Crippen LogP contribution in [0.4, 0.5) is 16.6 Å². The summed E-state index contributed by atoms with van der Waals surface area (Å²) in [7, 11) is 0. The molecule has 11 nitrogen and oxygen atoms in total. The first-order valence-electron chi connectivity index (χ1n) is 14.9. The van der Waals surface area contributed by atoms with Crippen LogP contribution < -0.4 is 25.6 Å². The smallest absolute Gasteiger partial charge is 0.320 e. The zero-order chi connectivity index (χ0) is 28.8. The highest BCUT2D eigenvalue weighted by Crippen LogP contribution is 2.47. The van der Waals surface area contributed by atoms with Crippen molar-refractivity contribution in [3.8, 4) is 18.1 Å². The van der Waals surface area contributed by atoms with Crippen LogP contribution in [0.1, 0.15) is 54.7 Å². The van der Waals surface area contributed by atoms with Crippen molar-refractivity contribution >= 4 is 39.6 Å². The summed E-state index contributed by atoms with van der Waals surface area (Å²) < 4.78 is 12.5. The number of halogens is 1. The molecule has 222 valence electrons. The standard InChI is InChI=1S/C29H36ClN9O2S/c30-24-23(21(11-31)25(33)42-24)18-3-6-38(13-18)26-22(12-32)27(39-14-19-1-2-20(15-39)34-19)36-28(35-26)41-17-29(4-5-29)16-37-7-9-40-10-8-37/h18-20,34H,1-10,13-17,33H2/t18?,19-,20+. The normalized spacial score (nSPS) is 26.7. The summed E-state index contributed by atoms with van der Waals surface area (Å²) in [4.78, 5) is 16.6. The number of anilines is 3. The van der Waals surface area contributed by atoms with Crippen LogP contribution in [0.3, 0.4) is 0 Å². The van der Waals surface area contributed by atoms with Crippen LogP contribution in [0.15, 0.2) is 0 Å². The van der Waals surface area contributed by atoms with Gasteiger partial charge in [-0.05, 0) is 32.1 Å². The number of nitrogens with two attached hydrogens (primary N) is 1. The van der Waals surface area contributed by atoms with Crippen LogP contribution >= 0.6 is 22.9 Å². The molecule has 13 heteroatoms. The molecular formula is C29H36ClN9O2S. The third-order valence-electron chi connectivity index (χ3n) is 9.54. The van der Waals surface area contributed by atoms with Crippen LogP contribution in [0, 0.1) is 28.1 Å². The largest absolute Gasteiger partial charge is 0.463 e. The average molecular weight is 610 g/mol. The zero-order valence-corrected chi connectivity index (χ0v) is 25.2. The van der Waals surface area contributed by atoms with Gasteiger partial charge >= 0.3 is 6.01 Å². The van der Waals surface area contributed by atoms with E-state index in [-0.39, 0.29) is 11.3 Å². The second-order valence-electron chi connectivity index (χ2n) is 12.4. The number of ether oxygens (including phenoxy) is 2. The first-order valence-corrected chi connectivity index (χ1v) is 16.1. The van der Waals surface area contributed by atoms with E-state index in [9.17, 15) is 10.5 Å². The van der Waals surface area contributed by atoms with Crippen molar-refractivity contribution in [3.05, 3.63) is 21.0 Å². The van der Waals surface area contributed by atoms with Gasteiger partial charge in [0.2, 0.25) is 0 Å². The molecule has 6 heterocycles. The molecule has 2 aromatic heterocycles. The number of nitrogen functional groups attached to an aromatic ring is 1. The molecule has 0 radical (unpaired) electrons. The first kappa shape index (κ1) is 27.9. The predicted octanol–water partition coefficient (Wildman–Crippen LogP) is 2.94. The lowest BCUT2D eigenvalue weighted by Crippen LogP contribution is -2.51. The summed E-state index contributed by atoms with van der Waals surface area (Å²) in [5.74, 6) is 1.28. The first-order chi connectivity index (χ1) is 20.4. The molecule has 1 unspecified atom stereocenters. The van der Waals surface area contributed by atoms with Crippen molar-refractivity contribution in [3.63, 3.8) is 0 Å². The topological polar surface area (TPSA) is 140 Å². The molecule has 4 aliphatic heterocycles. The predicted molar refractivity (Wildman–Crippen MR) is 161 cm³/mol. The Kier molecular flexibility index (Phi) is 7.53. The lowest BCUT2D eigenvalue weighted by atomic mass is 9.97. The molecule has 1 saturated carbocycles. The van der Waals surface area contributed by atoms with E-state index in [0.717, 1.165) is 83.6 Å². The maximum Gasteiger partial charge on any atom is 0.320 e. The summed E-state index contributed by atoms with van der Waals surface area (Å²) in [6.07, 6.45) is 5.30. The number of fused-ring (bicyclic) bond motifs is 2. The van der Waals surface area contributed by atoms with Crippen LogP contribution in [0.5, 0.6) is 6.01 Å². The van der Waals surface area contributed by atoms with Crippen molar-refractivity contribution in [2.45, 2.75) is 50.1 Å². The number of nitrogens with zero attached hydrogens (tertiary/aromatic N) is 7. The highest BCUT2D eigenvalue weighted by molar-refractivity contribution is 7.20. The number of nitrogens with one attached hydrogen (secondary N) is 1. The number of aromatic nitrogens is 2. The monoisotopic (exact) mass is 609 g/mol. The van der Waals surface area contributed by atoms with Gasteiger partial charge in [-0.3, -0.25) is 4.90 Å². The maximum absolute atomic E-state index is 10.5. The summed E-state index contributed by atoms with van der Waals surface area (Å²) in [6, 6.07) is 5.81. The Hall–Kier alpha value is -2.87. The minimum absolute atomic E-state index is 0.0216. The molecule has 4 saturated heterocycles. The van der Waals surface area contributed by atoms with Gasteiger partial charge in [0.1, 0.15) is 22.7 Å². The van der Waals surface area contributed by atoms with E-state index < -0.39 is 0 Å². The fourth-order valence-corrected chi connectivity index (χ4v) is 8.42. The molecule has 5 fully saturated rings. The number of hydrogen-bond acceptors (Lipinski definition) is 12. The third kappa shape index (κ3) is 5.36. The maximum atomic E-state index is 10.5. The molecule has 2 bridgehead atoms.